The van der Waals surface area contributed by atoms with Crippen molar-refractivity contribution in [2.24, 2.45) is 0 Å². The van der Waals surface area contributed by atoms with Crippen molar-refractivity contribution in [3.8, 4) is 5.95 Å². The summed E-state index contributed by atoms with van der Waals surface area (Å²) < 4.78 is 7.03. The summed E-state index contributed by atoms with van der Waals surface area (Å²) in [7, 11) is 0. The highest BCUT2D eigenvalue weighted by molar-refractivity contribution is 5.36. The number of ether oxygens (including phenoxy) is 1. The molecule has 2 aromatic rings. The van der Waals surface area contributed by atoms with Gasteiger partial charge < -0.3 is 15.8 Å². The van der Waals surface area contributed by atoms with Crippen LogP contribution in [0.4, 0.5) is 11.9 Å². The molecule has 0 saturated carbocycles. The van der Waals surface area contributed by atoms with E-state index < -0.39 is 0 Å². The number of nitrogen functional groups attached to an aromatic ring is 1. The first-order valence-corrected chi connectivity index (χ1v) is 6.12. The van der Waals surface area contributed by atoms with Crippen LogP contribution in [-0.4, -0.2) is 43.5 Å². The van der Waals surface area contributed by atoms with Crippen LogP contribution in [0.5, 0.6) is 0 Å². The Morgan fingerprint density at radius 1 is 1.42 bits per heavy atom. The zero-order valence-electron chi connectivity index (χ0n) is 10.5. The number of anilines is 2. The van der Waals surface area contributed by atoms with Gasteiger partial charge in [-0.25, -0.2) is 4.68 Å². The van der Waals surface area contributed by atoms with Crippen molar-refractivity contribution < 1.29 is 4.74 Å². The average Bonchev–Trinajstić information content (AvgIpc) is 3.01. The van der Waals surface area contributed by atoms with Gasteiger partial charge in [-0.3, -0.25) is 0 Å². The van der Waals surface area contributed by atoms with E-state index >= 15 is 0 Å². The molecule has 19 heavy (non-hydrogen) atoms. The van der Waals surface area contributed by atoms with Crippen LogP contribution >= 0.6 is 0 Å². The third-order valence-electron chi connectivity index (χ3n) is 3.04. The predicted octanol–water partition coefficient (Wildman–Crippen LogP) is 0.229. The van der Waals surface area contributed by atoms with E-state index in [1.165, 1.54) is 4.68 Å². The molecule has 3 N–H and O–H groups in total. The van der Waals surface area contributed by atoms with Crippen LogP contribution in [0.25, 0.3) is 5.95 Å². The highest BCUT2D eigenvalue weighted by Crippen LogP contribution is 2.17. The smallest absolute Gasteiger partial charge is 0.257 e. The second-order valence-electron chi connectivity index (χ2n) is 4.38. The zero-order chi connectivity index (χ0) is 13.2. The summed E-state index contributed by atoms with van der Waals surface area (Å²) in [6.45, 7) is 2.76. The summed E-state index contributed by atoms with van der Waals surface area (Å²) in [5.41, 5.74) is 5.70. The highest BCUT2D eigenvalue weighted by atomic mass is 16.5. The Hall–Kier alpha value is -2.22. The van der Waals surface area contributed by atoms with E-state index in [0.29, 0.717) is 11.9 Å². The minimum absolute atomic E-state index is 0.131. The molecule has 8 nitrogen and oxygen atoms in total. The summed E-state index contributed by atoms with van der Waals surface area (Å²) >= 11 is 0. The van der Waals surface area contributed by atoms with E-state index in [0.717, 1.165) is 13.0 Å². The van der Waals surface area contributed by atoms with Gasteiger partial charge in [0.05, 0.1) is 12.1 Å². The summed E-state index contributed by atoms with van der Waals surface area (Å²) in [5.74, 6) is 1.00. The van der Waals surface area contributed by atoms with Crippen LogP contribution in [-0.2, 0) is 4.74 Å². The maximum absolute atomic E-state index is 5.70. The quantitative estimate of drug-likeness (QED) is 0.814. The first-order valence-electron chi connectivity index (χ1n) is 6.12. The number of rotatable bonds is 3. The molecule has 0 radical (unpaired) electrons. The van der Waals surface area contributed by atoms with E-state index in [9.17, 15) is 0 Å². The Morgan fingerprint density at radius 3 is 3.00 bits per heavy atom. The standard InChI is InChI=1S/C11H15N7O/c1-7-8(3-6-19-7)14-10-15-9(12)16-11(17-10)18-5-2-4-13-18/h2,4-5,7-8H,3,6H2,1H3,(H3,12,14,15,16,17). The lowest BCUT2D eigenvalue weighted by molar-refractivity contribution is 0.121. The van der Waals surface area contributed by atoms with Gasteiger partial charge in [0.15, 0.2) is 0 Å². The lowest BCUT2D eigenvalue weighted by Crippen LogP contribution is -2.28. The molecule has 3 heterocycles. The molecule has 2 unspecified atom stereocenters. The van der Waals surface area contributed by atoms with Gasteiger partial charge in [0.25, 0.3) is 5.95 Å². The Bertz CT molecular complexity index is 556. The molecule has 2 atom stereocenters. The number of hydrogen-bond donors (Lipinski definition) is 2. The van der Waals surface area contributed by atoms with Crippen LogP contribution in [0.1, 0.15) is 13.3 Å². The number of hydrogen-bond acceptors (Lipinski definition) is 7. The van der Waals surface area contributed by atoms with Gasteiger partial charge in [-0.15, -0.1) is 0 Å². The van der Waals surface area contributed by atoms with Gasteiger partial charge in [-0.05, 0) is 19.4 Å². The molecule has 1 fully saturated rings. The summed E-state index contributed by atoms with van der Waals surface area (Å²) in [4.78, 5) is 12.4. The summed E-state index contributed by atoms with van der Waals surface area (Å²) in [6, 6.07) is 1.98. The van der Waals surface area contributed by atoms with E-state index in [1.54, 1.807) is 18.5 Å². The second kappa shape index (κ2) is 4.81. The first-order chi connectivity index (χ1) is 9.22. The summed E-state index contributed by atoms with van der Waals surface area (Å²) in [6.07, 6.45) is 4.45. The molecule has 1 aliphatic heterocycles. The van der Waals surface area contributed by atoms with E-state index in [2.05, 4.69) is 25.4 Å². The van der Waals surface area contributed by atoms with Gasteiger partial charge in [0, 0.05) is 19.0 Å². The second-order valence-corrected chi connectivity index (χ2v) is 4.38. The fourth-order valence-electron chi connectivity index (χ4n) is 2.02. The van der Waals surface area contributed by atoms with E-state index in [1.807, 2.05) is 6.92 Å². The third-order valence-corrected chi connectivity index (χ3v) is 3.04. The van der Waals surface area contributed by atoms with Crippen LogP contribution in [0, 0.1) is 0 Å². The van der Waals surface area contributed by atoms with Gasteiger partial charge in [-0.1, -0.05) is 0 Å². The molecule has 1 aliphatic rings. The minimum Gasteiger partial charge on any atom is -0.376 e. The van der Waals surface area contributed by atoms with Gasteiger partial charge in [-0.2, -0.15) is 20.1 Å². The third kappa shape index (κ3) is 2.48. The van der Waals surface area contributed by atoms with Crippen LogP contribution in [0.2, 0.25) is 0 Å². The Kier molecular flexibility index (Phi) is 3.00. The van der Waals surface area contributed by atoms with Crippen molar-refractivity contribution in [2.75, 3.05) is 17.7 Å². The van der Waals surface area contributed by atoms with Crippen LogP contribution < -0.4 is 11.1 Å². The number of aromatic nitrogens is 5. The number of nitrogens with two attached hydrogens (primary N) is 1. The molecule has 100 valence electrons. The molecule has 0 bridgehead atoms. The minimum atomic E-state index is 0.131. The largest absolute Gasteiger partial charge is 0.376 e. The van der Waals surface area contributed by atoms with E-state index in [4.69, 9.17) is 10.5 Å². The molecule has 3 rings (SSSR count). The van der Waals surface area contributed by atoms with Gasteiger partial charge in [0.1, 0.15) is 0 Å². The van der Waals surface area contributed by atoms with Gasteiger partial charge in [0.2, 0.25) is 11.9 Å². The maximum atomic E-state index is 5.70. The SMILES string of the molecule is CC1OCCC1Nc1nc(N)nc(-n2cccn2)n1. The molecule has 1 saturated heterocycles. The molecule has 0 aliphatic carbocycles. The predicted molar refractivity (Wildman–Crippen MR) is 68.8 cm³/mol. The number of nitrogens with zero attached hydrogens (tertiary/aromatic N) is 5. The first kappa shape index (κ1) is 11.8. The van der Waals surface area contributed by atoms with Crippen molar-refractivity contribution >= 4 is 11.9 Å². The Labute approximate surface area is 110 Å². The molecular weight excluding hydrogens is 246 g/mol. The van der Waals surface area contributed by atoms with Crippen molar-refractivity contribution in [3.63, 3.8) is 0 Å². The molecule has 0 aromatic carbocycles. The van der Waals surface area contributed by atoms with Crippen molar-refractivity contribution in [2.45, 2.75) is 25.5 Å². The topological polar surface area (TPSA) is 104 Å². The molecule has 0 spiro atoms. The highest BCUT2D eigenvalue weighted by Gasteiger charge is 2.25. The monoisotopic (exact) mass is 261 g/mol. The van der Waals surface area contributed by atoms with Crippen molar-refractivity contribution in [1.82, 2.24) is 24.7 Å². The lowest BCUT2D eigenvalue weighted by atomic mass is 10.2. The average molecular weight is 261 g/mol. The summed E-state index contributed by atoms with van der Waals surface area (Å²) in [5, 5.41) is 7.30. The fraction of sp³-hybridized carbons (Fsp3) is 0.455. The Balaban J connectivity index is 1.85. The fourth-order valence-corrected chi connectivity index (χ4v) is 2.02. The number of nitrogens with one attached hydrogen (secondary N) is 1. The van der Waals surface area contributed by atoms with Gasteiger partial charge >= 0.3 is 0 Å². The Morgan fingerprint density at radius 2 is 2.32 bits per heavy atom. The molecule has 2 aromatic heterocycles. The van der Waals surface area contributed by atoms with Crippen LogP contribution in [0.15, 0.2) is 18.5 Å². The maximum Gasteiger partial charge on any atom is 0.257 e. The lowest BCUT2D eigenvalue weighted by Gasteiger charge is -2.16. The van der Waals surface area contributed by atoms with Crippen LogP contribution in [0.3, 0.4) is 0 Å². The molecule has 0 amide bonds. The van der Waals surface area contributed by atoms with Crippen molar-refractivity contribution in [1.29, 1.82) is 0 Å². The molecule has 8 heteroatoms. The normalized spacial score (nSPS) is 22.6. The molecular formula is C11H15N7O. The van der Waals surface area contributed by atoms with Crippen molar-refractivity contribution in [3.05, 3.63) is 18.5 Å². The zero-order valence-corrected chi connectivity index (χ0v) is 10.5. The van der Waals surface area contributed by atoms with E-state index in [-0.39, 0.29) is 18.1 Å².